The third kappa shape index (κ3) is 5.43. The van der Waals surface area contributed by atoms with Crippen LogP contribution < -0.4 is 0 Å². The molecule has 10 aromatic rings. The van der Waals surface area contributed by atoms with Crippen LogP contribution in [0, 0.1) is 0 Å². The van der Waals surface area contributed by atoms with Crippen molar-refractivity contribution in [1.29, 1.82) is 0 Å². The van der Waals surface area contributed by atoms with Gasteiger partial charge < -0.3 is 0 Å². The van der Waals surface area contributed by atoms with E-state index in [1.54, 1.807) is 0 Å². The molecule has 2 heterocycles. The molecule has 1 aromatic heterocycles. The molecule has 1 spiro atoms. The molecule has 3 heteroatoms. The topological polar surface area (TPSA) is 25.8 Å². The van der Waals surface area contributed by atoms with Crippen LogP contribution in [0.2, 0.25) is 0 Å². The van der Waals surface area contributed by atoms with Crippen LogP contribution in [0.25, 0.3) is 78.1 Å². The smallest absolute Gasteiger partial charge is 0.160 e. The first kappa shape index (κ1) is 34.7. The largest absolute Gasteiger partial charge is 0.228 e. The quantitative estimate of drug-likeness (QED) is 0.174. The molecule has 0 bridgehead atoms. The van der Waals surface area contributed by atoms with Gasteiger partial charge in [0.25, 0.3) is 0 Å². The minimum absolute atomic E-state index is 0.421. The Balaban J connectivity index is 0.977. The first-order chi connectivity index (χ1) is 29.7. The monoisotopic (exact) mass is 780 g/mol. The van der Waals surface area contributed by atoms with Crippen molar-refractivity contribution < 1.29 is 0 Å². The molecule has 1 aliphatic heterocycles. The van der Waals surface area contributed by atoms with E-state index in [-0.39, 0.29) is 0 Å². The third-order valence-corrected chi connectivity index (χ3v) is 13.6. The second-order valence-electron chi connectivity index (χ2n) is 15.7. The van der Waals surface area contributed by atoms with Crippen LogP contribution in [-0.4, -0.2) is 9.97 Å². The molecule has 0 radical (unpaired) electrons. The van der Waals surface area contributed by atoms with Gasteiger partial charge in [-0.3, -0.25) is 0 Å². The second kappa shape index (κ2) is 13.9. The summed E-state index contributed by atoms with van der Waals surface area (Å²) >= 11 is 1.92. The second-order valence-corrected chi connectivity index (χ2v) is 16.7. The van der Waals surface area contributed by atoms with Crippen molar-refractivity contribution in [1.82, 2.24) is 9.97 Å². The highest BCUT2D eigenvalue weighted by Gasteiger charge is 2.50. The lowest BCUT2D eigenvalue weighted by Gasteiger charge is -2.40. The normalized spacial score (nSPS) is 13.1. The molecule has 12 rings (SSSR count). The van der Waals surface area contributed by atoms with E-state index >= 15 is 0 Å². The molecule has 0 N–H and O–H groups in total. The molecule has 280 valence electrons. The minimum atomic E-state index is -0.421. The van der Waals surface area contributed by atoms with E-state index in [1.807, 2.05) is 36.0 Å². The summed E-state index contributed by atoms with van der Waals surface area (Å²) in [6, 6.07) is 79.2. The molecule has 0 unspecified atom stereocenters. The molecule has 0 amide bonds. The summed E-state index contributed by atoms with van der Waals surface area (Å²) < 4.78 is 0. The van der Waals surface area contributed by atoms with Gasteiger partial charge in [-0.2, -0.15) is 0 Å². The van der Waals surface area contributed by atoms with E-state index in [9.17, 15) is 0 Å². The zero-order valence-electron chi connectivity index (χ0n) is 32.6. The van der Waals surface area contributed by atoms with Crippen molar-refractivity contribution in [3.05, 3.63) is 241 Å². The molecule has 2 nitrogen and oxygen atoms in total. The van der Waals surface area contributed by atoms with Gasteiger partial charge in [0.2, 0.25) is 0 Å². The fourth-order valence-corrected chi connectivity index (χ4v) is 11.0. The van der Waals surface area contributed by atoms with Gasteiger partial charge in [-0.05, 0) is 90.7 Å². The van der Waals surface area contributed by atoms with E-state index in [0.29, 0.717) is 5.82 Å². The zero-order valence-corrected chi connectivity index (χ0v) is 33.4. The standard InChI is InChI=1S/C57H36N2S/c1-3-16-38(17-4-1)52-36-53(59-56(58-52)39-18-5-2-6-19-39)44-23-14-22-42(34-44)40-20-13-21-41(33-40)43-30-31-50-54(35-43)60-55-45-24-8-7-15-37(45)29-32-51(55)57(50)48-27-11-9-25-46(48)47-26-10-12-28-49(47)57/h1-36H. The summed E-state index contributed by atoms with van der Waals surface area (Å²) in [5.74, 6) is 0.714. The lowest BCUT2D eigenvalue weighted by molar-refractivity contribution is 0.726. The maximum absolute atomic E-state index is 5.12. The van der Waals surface area contributed by atoms with E-state index in [0.717, 1.165) is 39.2 Å². The fourth-order valence-electron chi connectivity index (χ4n) is 9.62. The number of hydrogen-bond donors (Lipinski definition) is 0. The highest BCUT2D eigenvalue weighted by molar-refractivity contribution is 7.99. The molecular formula is C57H36N2S. The van der Waals surface area contributed by atoms with Gasteiger partial charge in [0.05, 0.1) is 16.8 Å². The number of nitrogens with zero attached hydrogens (tertiary/aromatic N) is 2. The van der Waals surface area contributed by atoms with Crippen molar-refractivity contribution in [2.45, 2.75) is 15.2 Å². The minimum Gasteiger partial charge on any atom is -0.228 e. The van der Waals surface area contributed by atoms with E-state index < -0.39 is 5.41 Å². The van der Waals surface area contributed by atoms with Crippen molar-refractivity contribution in [2.75, 3.05) is 0 Å². The van der Waals surface area contributed by atoms with Crippen LogP contribution in [0.3, 0.4) is 0 Å². The summed E-state index contributed by atoms with van der Waals surface area (Å²) in [7, 11) is 0. The Morgan fingerprint density at radius 3 is 1.55 bits per heavy atom. The van der Waals surface area contributed by atoms with Crippen molar-refractivity contribution in [2.24, 2.45) is 0 Å². The van der Waals surface area contributed by atoms with Crippen LogP contribution in [0.5, 0.6) is 0 Å². The molecule has 2 aliphatic rings. The summed E-state index contributed by atoms with van der Waals surface area (Å²) in [5.41, 5.74) is 17.2. The Kier molecular flexibility index (Phi) is 8.04. The molecule has 60 heavy (non-hydrogen) atoms. The summed E-state index contributed by atoms with van der Waals surface area (Å²) in [5, 5.41) is 2.57. The van der Waals surface area contributed by atoms with Gasteiger partial charge in [0.1, 0.15) is 0 Å². The molecule has 9 aromatic carbocycles. The van der Waals surface area contributed by atoms with Gasteiger partial charge in [0, 0.05) is 26.5 Å². The number of benzene rings is 9. The predicted octanol–water partition coefficient (Wildman–Crippen LogP) is 14.8. The Bertz CT molecular complexity index is 3190. The van der Waals surface area contributed by atoms with Gasteiger partial charge in [-0.15, -0.1) is 0 Å². The highest BCUT2D eigenvalue weighted by atomic mass is 32.2. The number of aromatic nitrogens is 2. The summed E-state index contributed by atoms with van der Waals surface area (Å²) in [4.78, 5) is 12.8. The van der Waals surface area contributed by atoms with Gasteiger partial charge in [0.15, 0.2) is 5.82 Å². The Morgan fingerprint density at radius 2 is 0.850 bits per heavy atom. The van der Waals surface area contributed by atoms with Crippen LogP contribution >= 0.6 is 11.8 Å². The molecular weight excluding hydrogens is 745 g/mol. The van der Waals surface area contributed by atoms with Gasteiger partial charge in [-0.1, -0.05) is 206 Å². The zero-order chi connectivity index (χ0) is 39.6. The maximum atomic E-state index is 5.12. The summed E-state index contributed by atoms with van der Waals surface area (Å²) in [6.45, 7) is 0. The van der Waals surface area contributed by atoms with E-state index in [4.69, 9.17) is 9.97 Å². The Morgan fingerprint density at radius 1 is 0.333 bits per heavy atom. The molecule has 0 saturated carbocycles. The first-order valence-corrected chi connectivity index (χ1v) is 21.3. The van der Waals surface area contributed by atoms with Crippen molar-refractivity contribution >= 4 is 22.5 Å². The molecule has 0 fully saturated rings. The first-order valence-electron chi connectivity index (χ1n) is 20.5. The molecule has 0 saturated heterocycles. The van der Waals surface area contributed by atoms with Gasteiger partial charge in [-0.25, -0.2) is 9.97 Å². The lowest BCUT2D eigenvalue weighted by Crippen LogP contribution is -2.32. The molecule has 0 atom stereocenters. The predicted molar refractivity (Wildman–Crippen MR) is 248 cm³/mol. The SMILES string of the molecule is c1ccc(-c2cc(-c3cccc(-c4cccc(-c5ccc6c(c5)Sc5c(ccc7ccccc57)C65c6ccccc6-c6ccccc65)c4)c3)nc(-c3ccccc3)n2)cc1. The van der Waals surface area contributed by atoms with Crippen molar-refractivity contribution in [3.8, 4) is 67.3 Å². The van der Waals surface area contributed by atoms with Gasteiger partial charge >= 0.3 is 0 Å². The van der Waals surface area contributed by atoms with E-state index in [1.165, 1.54) is 65.1 Å². The van der Waals surface area contributed by atoms with Crippen LogP contribution in [-0.2, 0) is 5.41 Å². The summed E-state index contributed by atoms with van der Waals surface area (Å²) in [6.07, 6.45) is 0. The Labute approximate surface area is 353 Å². The third-order valence-electron chi connectivity index (χ3n) is 12.3. The number of fused-ring (bicyclic) bond motifs is 11. The van der Waals surface area contributed by atoms with Crippen LogP contribution in [0.4, 0.5) is 0 Å². The highest BCUT2D eigenvalue weighted by Crippen LogP contribution is 2.63. The van der Waals surface area contributed by atoms with Crippen molar-refractivity contribution in [3.63, 3.8) is 0 Å². The lowest BCUT2D eigenvalue weighted by atomic mass is 9.67. The average molecular weight is 781 g/mol. The molecule has 1 aliphatic carbocycles. The Hall–Kier alpha value is -7.33. The van der Waals surface area contributed by atoms with Crippen LogP contribution in [0.15, 0.2) is 228 Å². The van der Waals surface area contributed by atoms with E-state index in [2.05, 4.69) is 194 Å². The number of rotatable bonds is 5. The average Bonchev–Trinajstić information content (AvgIpc) is 3.62. The van der Waals surface area contributed by atoms with Crippen LogP contribution in [0.1, 0.15) is 22.3 Å². The number of hydrogen-bond acceptors (Lipinski definition) is 3. The fraction of sp³-hybridized carbons (Fsp3) is 0.0175. The maximum Gasteiger partial charge on any atom is 0.160 e.